The Hall–Kier alpha value is -9.77. The third-order valence-electron chi connectivity index (χ3n) is 17.1. The van der Waals surface area contributed by atoms with Crippen molar-refractivity contribution in [1.29, 1.82) is 0 Å². The number of thiazole rings is 5. The molecule has 1 aliphatic heterocycles. The Labute approximate surface area is 675 Å². The van der Waals surface area contributed by atoms with E-state index in [9.17, 15) is 0 Å². The summed E-state index contributed by atoms with van der Waals surface area (Å²) in [5, 5.41) is 6.02. The van der Waals surface area contributed by atoms with Gasteiger partial charge in [-0.1, -0.05) is 200 Å². The predicted octanol–water partition coefficient (Wildman–Crippen LogP) is 26.5. The van der Waals surface area contributed by atoms with E-state index in [1.807, 2.05) is 110 Å². The fourth-order valence-corrected chi connectivity index (χ4v) is 15.4. The molecule has 0 amide bonds. The number of H-pyrrole nitrogens is 1. The second-order valence-electron chi connectivity index (χ2n) is 30.9. The summed E-state index contributed by atoms with van der Waals surface area (Å²) in [5.74, 6) is 4.64. The molecule has 14 aromatic heterocycles. The molecule has 0 aliphatic carbocycles. The predicted molar refractivity (Wildman–Crippen MR) is 477 cm³/mol. The summed E-state index contributed by atoms with van der Waals surface area (Å²) in [7, 11) is 0. The van der Waals surface area contributed by atoms with Gasteiger partial charge >= 0.3 is 0 Å². The smallest absolute Gasteiger partial charge is 0.170 e. The molecule has 0 radical (unpaired) electrons. The molecule has 0 unspecified atom stereocenters. The summed E-state index contributed by atoms with van der Waals surface area (Å²) in [6.45, 7) is 43.3. The normalized spacial score (nSPS) is 11.8. The van der Waals surface area contributed by atoms with Crippen LogP contribution in [0.1, 0.15) is 235 Å². The van der Waals surface area contributed by atoms with Crippen molar-refractivity contribution >= 4 is 142 Å². The molecule has 0 atom stereocenters. The minimum absolute atomic E-state index is 0. The summed E-state index contributed by atoms with van der Waals surface area (Å²) >= 11 is 8.81. The molecular formula is C90H108N16S5. The van der Waals surface area contributed by atoms with Crippen LogP contribution in [-0.2, 0) is 11.8 Å². The lowest BCUT2D eigenvalue weighted by molar-refractivity contribution is 0.554. The van der Waals surface area contributed by atoms with Gasteiger partial charge < -0.3 is 13.8 Å². The first-order valence-corrected chi connectivity index (χ1v) is 41.8. The average Bonchev–Trinajstić information content (AvgIpc) is 1.67. The Morgan fingerprint density at radius 3 is 1.24 bits per heavy atom. The van der Waals surface area contributed by atoms with Crippen molar-refractivity contribution in [2.24, 2.45) is 10.4 Å². The molecule has 0 saturated carbocycles. The van der Waals surface area contributed by atoms with Crippen molar-refractivity contribution in [3.63, 3.8) is 0 Å². The van der Waals surface area contributed by atoms with Crippen LogP contribution in [0.3, 0.4) is 0 Å². The second kappa shape index (κ2) is 39.4. The highest BCUT2D eigenvalue weighted by molar-refractivity contribution is 7.20. The number of pyridine rings is 6. The van der Waals surface area contributed by atoms with Gasteiger partial charge in [0.2, 0.25) is 0 Å². The number of nitrogens with one attached hydrogen (secondary N) is 1. The van der Waals surface area contributed by atoms with Crippen molar-refractivity contribution < 1.29 is 0 Å². The maximum atomic E-state index is 4.64. The third kappa shape index (κ3) is 23.9. The van der Waals surface area contributed by atoms with Crippen molar-refractivity contribution in [3.8, 4) is 0 Å². The number of fused-ring (bicyclic) bond motifs is 9. The monoisotopic (exact) mass is 1570 g/mol. The lowest BCUT2D eigenvalue weighted by atomic mass is 9.87. The fourth-order valence-electron chi connectivity index (χ4n) is 10.6. The second-order valence-corrected chi connectivity index (χ2v) is 36.2. The molecule has 111 heavy (non-hydrogen) atoms. The third-order valence-corrected chi connectivity index (χ3v) is 23.7. The van der Waals surface area contributed by atoms with Gasteiger partial charge in [-0.05, 0) is 102 Å². The minimum atomic E-state index is 0. The first kappa shape index (κ1) is 85.2. The number of aromatic nitrogens is 15. The Kier molecular flexibility index (Phi) is 30.3. The highest BCUT2D eigenvalue weighted by atomic mass is 32.1. The summed E-state index contributed by atoms with van der Waals surface area (Å²) in [6, 6.07) is 46.9. The van der Waals surface area contributed by atoms with Crippen LogP contribution < -0.4 is 0 Å². The van der Waals surface area contributed by atoms with Gasteiger partial charge in [-0.25, -0.2) is 44.9 Å². The van der Waals surface area contributed by atoms with Gasteiger partial charge in [-0.3, -0.25) is 19.9 Å². The van der Waals surface area contributed by atoms with Gasteiger partial charge in [-0.15, -0.1) is 56.7 Å². The number of hydrogen-bond acceptors (Lipinski definition) is 18. The molecule has 0 fully saturated rings. The zero-order chi connectivity index (χ0) is 78.8. The number of benzene rings is 3. The molecule has 18 rings (SSSR count). The standard InChI is InChI=1S/C12H15N.C10H13N3.2C10H12N2.2C10H11NS.3C9H10N2S.CH4/c1-12(2,3)11-8-9-6-4-5-7-10(9)13-11;1-10(2,3)9-12-7-4-5-11-6-8(7)13-9;2*1-8(2)9-7-12-6-4-3-5-10(12)11-9;2*1-7(2)10-11-8-5-3-4-6-9(8)12-10;1-6(2)9-11-7-5-10-4-3-8(7)12-9;1-6(2)9-11-7-3-4-10-5-8(7)12-9;1-6(2)9-11-8-7(12-9)4-3-5-10-8;/h4-7H,8H2,1-3H3;4-6H,1-3H3,(H,12,13);2*3-8H,1-2H3;2*3-7H,1-2H3;3*3-6H,1-2H3;1H4. The number of rotatable bonds is 7. The van der Waals surface area contributed by atoms with Crippen LogP contribution in [0, 0.1) is 5.41 Å². The summed E-state index contributed by atoms with van der Waals surface area (Å²) < 4.78 is 10.3. The number of aromatic amines is 1. The van der Waals surface area contributed by atoms with Crippen LogP contribution in [-0.4, -0.2) is 79.3 Å². The van der Waals surface area contributed by atoms with Gasteiger partial charge in [0.1, 0.15) is 17.1 Å². The van der Waals surface area contributed by atoms with E-state index in [4.69, 9.17) is 0 Å². The van der Waals surface area contributed by atoms with E-state index in [0.29, 0.717) is 41.4 Å². The molecule has 17 aromatic rings. The molecule has 15 heterocycles. The first-order valence-electron chi connectivity index (χ1n) is 37.7. The van der Waals surface area contributed by atoms with Crippen LogP contribution in [0.5, 0.6) is 0 Å². The summed E-state index contributed by atoms with van der Waals surface area (Å²) in [6.07, 6.45) is 21.9. The summed E-state index contributed by atoms with van der Waals surface area (Å²) in [4.78, 5) is 60.1. The average molecular weight is 1570 g/mol. The zero-order valence-electron chi connectivity index (χ0n) is 67.1. The van der Waals surface area contributed by atoms with Crippen LogP contribution in [0.4, 0.5) is 5.69 Å². The van der Waals surface area contributed by atoms with Crippen LogP contribution in [0.2, 0.25) is 0 Å². The quantitative estimate of drug-likeness (QED) is 0.159. The van der Waals surface area contributed by atoms with Gasteiger partial charge in [-0.2, -0.15) is 0 Å². The molecule has 0 saturated heterocycles. The number of aliphatic imine (C=N–C) groups is 1. The molecule has 1 aliphatic rings. The molecule has 16 nitrogen and oxygen atoms in total. The lowest BCUT2D eigenvalue weighted by Gasteiger charge is -2.17. The van der Waals surface area contributed by atoms with E-state index in [1.54, 1.807) is 81.5 Å². The highest BCUT2D eigenvalue weighted by Gasteiger charge is 2.25. The molecule has 3 aromatic carbocycles. The molecule has 578 valence electrons. The van der Waals surface area contributed by atoms with E-state index < -0.39 is 0 Å². The van der Waals surface area contributed by atoms with Crippen LogP contribution in [0.15, 0.2) is 213 Å². The van der Waals surface area contributed by atoms with Crippen LogP contribution in [0.25, 0.3) is 73.5 Å². The number of nitrogens with zero attached hydrogens (tertiary/aromatic N) is 15. The van der Waals surface area contributed by atoms with E-state index >= 15 is 0 Å². The van der Waals surface area contributed by atoms with Crippen molar-refractivity contribution in [2.45, 2.75) is 199 Å². The number of imidazole rings is 3. The van der Waals surface area contributed by atoms with E-state index in [0.717, 1.165) is 79.4 Å². The Morgan fingerprint density at radius 1 is 0.360 bits per heavy atom. The SMILES string of the molecule is C.CC(C)(C)C1=Nc2ccccc2C1.CC(C)(C)c1nc2ccncc2[nH]1.CC(C)c1cn2ccccc2n1.CC(C)c1cn2ccccc2n1.CC(C)c1nc2ccccc2s1.CC(C)c1nc2ccccc2s1.CC(C)c1nc2ccncc2s1.CC(C)c1nc2cnccc2s1.CC(C)c1nc2ncccc2s1. The van der Waals surface area contributed by atoms with Gasteiger partial charge in [0, 0.05) is 108 Å². The molecule has 0 bridgehead atoms. The molecular weight excluding hydrogens is 1470 g/mol. The van der Waals surface area contributed by atoms with E-state index in [1.165, 1.54) is 59.8 Å². The largest absolute Gasteiger partial charge is 0.340 e. The van der Waals surface area contributed by atoms with E-state index in [2.05, 4.69) is 290 Å². The maximum Gasteiger partial charge on any atom is 0.170 e. The molecule has 1 N–H and O–H groups in total. The molecule has 0 spiro atoms. The fraction of sp³-hybridized carbons (Fsp3) is 0.344. The number of para-hydroxylation sites is 3. The maximum absolute atomic E-state index is 4.64. The molecule has 21 heteroatoms. The Morgan fingerprint density at radius 2 is 0.784 bits per heavy atom. The van der Waals surface area contributed by atoms with Crippen molar-refractivity contribution in [2.75, 3.05) is 0 Å². The van der Waals surface area contributed by atoms with Gasteiger partial charge in [0.05, 0.1) is 111 Å². The summed E-state index contributed by atoms with van der Waals surface area (Å²) in [5.41, 5.74) is 15.7. The lowest BCUT2D eigenvalue weighted by Crippen LogP contribution is -2.19. The minimum Gasteiger partial charge on any atom is -0.340 e. The van der Waals surface area contributed by atoms with Gasteiger partial charge in [0.15, 0.2) is 5.65 Å². The highest BCUT2D eigenvalue weighted by Crippen LogP contribution is 2.34. The Balaban J connectivity index is 0.000000143. The van der Waals surface area contributed by atoms with Crippen molar-refractivity contribution in [3.05, 3.63) is 256 Å². The van der Waals surface area contributed by atoms with Crippen LogP contribution >= 0.6 is 56.7 Å². The zero-order valence-corrected chi connectivity index (χ0v) is 71.2. The van der Waals surface area contributed by atoms with Crippen molar-refractivity contribution in [1.82, 2.24) is 73.6 Å². The van der Waals surface area contributed by atoms with Gasteiger partial charge in [0.25, 0.3) is 0 Å². The Bertz CT molecular complexity index is 4710. The number of hydrogen-bond donors (Lipinski definition) is 1. The first-order chi connectivity index (χ1) is 52.5. The van der Waals surface area contributed by atoms with E-state index in [-0.39, 0.29) is 18.3 Å². The topological polar surface area (TPSA) is 192 Å².